The second-order valence-corrected chi connectivity index (χ2v) is 7.83. The quantitative estimate of drug-likeness (QED) is 0.548. The fraction of sp³-hybridized carbons (Fsp3) is 0.526. The van der Waals surface area contributed by atoms with Crippen LogP contribution in [-0.4, -0.2) is 40.2 Å². The van der Waals surface area contributed by atoms with Gasteiger partial charge in [-0.15, -0.1) is 10.2 Å². The summed E-state index contributed by atoms with van der Waals surface area (Å²) in [6.45, 7) is 2.76. The van der Waals surface area contributed by atoms with Crippen LogP contribution in [0.25, 0.3) is 0 Å². The lowest BCUT2D eigenvalue weighted by Gasteiger charge is -2.27. The Bertz CT molecular complexity index is 789. The second kappa shape index (κ2) is 8.00. The standard InChI is InChI=1S/C19H23N5OS/c20-14-15-5-4-6-17(13-15)25-11-12-26-19-22-21-18(24(19)16-7-8-16)23-9-2-1-3-10-23/h4-6,13,16H,1-3,7-12H2. The van der Waals surface area contributed by atoms with E-state index in [0.29, 0.717) is 18.2 Å². The first-order valence-corrected chi connectivity index (χ1v) is 10.3. The number of hydrogen-bond acceptors (Lipinski definition) is 6. The Morgan fingerprint density at radius 1 is 1.19 bits per heavy atom. The average molecular weight is 369 g/mol. The number of ether oxygens (including phenoxy) is 1. The van der Waals surface area contributed by atoms with Gasteiger partial charge in [0.15, 0.2) is 5.16 Å². The van der Waals surface area contributed by atoms with Gasteiger partial charge in [-0.2, -0.15) is 5.26 Å². The van der Waals surface area contributed by atoms with E-state index in [4.69, 9.17) is 10.00 Å². The lowest BCUT2D eigenvalue weighted by atomic mass is 10.1. The molecule has 26 heavy (non-hydrogen) atoms. The summed E-state index contributed by atoms with van der Waals surface area (Å²) in [5.74, 6) is 2.60. The van der Waals surface area contributed by atoms with E-state index in [0.717, 1.165) is 35.7 Å². The molecule has 136 valence electrons. The van der Waals surface area contributed by atoms with Crippen LogP contribution in [0.1, 0.15) is 43.7 Å². The highest BCUT2D eigenvalue weighted by molar-refractivity contribution is 7.99. The number of piperidine rings is 1. The van der Waals surface area contributed by atoms with Crippen molar-refractivity contribution in [1.82, 2.24) is 14.8 Å². The van der Waals surface area contributed by atoms with Crippen molar-refractivity contribution in [2.24, 2.45) is 0 Å². The smallest absolute Gasteiger partial charge is 0.228 e. The Morgan fingerprint density at radius 2 is 2.04 bits per heavy atom. The van der Waals surface area contributed by atoms with Crippen LogP contribution >= 0.6 is 11.8 Å². The van der Waals surface area contributed by atoms with Crippen molar-refractivity contribution in [2.75, 3.05) is 30.3 Å². The minimum atomic E-state index is 0.567. The van der Waals surface area contributed by atoms with E-state index in [9.17, 15) is 0 Å². The molecule has 2 heterocycles. The van der Waals surface area contributed by atoms with E-state index in [1.54, 1.807) is 23.9 Å². The summed E-state index contributed by atoms with van der Waals surface area (Å²) in [5, 5.41) is 18.9. The molecule has 1 aliphatic carbocycles. The SMILES string of the molecule is N#Cc1cccc(OCCSc2nnc(N3CCCCC3)n2C2CC2)c1. The monoisotopic (exact) mass is 369 g/mol. The van der Waals surface area contributed by atoms with E-state index in [1.807, 2.05) is 12.1 Å². The van der Waals surface area contributed by atoms with Crippen LogP contribution in [0.2, 0.25) is 0 Å². The predicted octanol–water partition coefficient (Wildman–Crippen LogP) is 3.65. The molecule has 0 radical (unpaired) electrons. The first-order chi connectivity index (χ1) is 12.8. The molecular weight excluding hydrogens is 346 g/mol. The van der Waals surface area contributed by atoms with Crippen molar-refractivity contribution in [3.8, 4) is 11.8 Å². The van der Waals surface area contributed by atoms with E-state index in [1.165, 1.54) is 32.1 Å². The third-order valence-electron chi connectivity index (χ3n) is 4.74. The number of hydrogen-bond donors (Lipinski definition) is 0. The van der Waals surface area contributed by atoms with Gasteiger partial charge in [0.2, 0.25) is 5.95 Å². The van der Waals surface area contributed by atoms with Crippen LogP contribution in [0, 0.1) is 11.3 Å². The number of nitrogens with zero attached hydrogens (tertiary/aromatic N) is 5. The van der Waals surface area contributed by atoms with Gasteiger partial charge in [-0.1, -0.05) is 17.8 Å². The molecule has 0 atom stereocenters. The number of aromatic nitrogens is 3. The van der Waals surface area contributed by atoms with Crippen LogP contribution in [0.5, 0.6) is 5.75 Å². The molecule has 0 unspecified atom stereocenters. The first kappa shape index (κ1) is 17.2. The van der Waals surface area contributed by atoms with Gasteiger partial charge in [-0.3, -0.25) is 4.57 Å². The minimum Gasteiger partial charge on any atom is -0.493 e. The lowest BCUT2D eigenvalue weighted by Crippen LogP contribution is -2.31. The van der Waals surface area contributed by atoms with Gasteiger partial charge < -0.3 is 9.64 Å². The van der Waals surface area contributed by atoms with Gasteiger partial charge in [0, 0.05) is 24.9 Å². The molecule has 2 aliphatic rings. The largest absolute Gasteiger partial charge is 0.493 e. The van der Waals surface area contributed by atoms with E-state index in [2.05, 4.69) is 25.7 Å². The molecule has 7 heteroatoms. The van der Waals surface area contributed by atoms with Crippen LogP contribution in [0.15, 0.2) is 29.4 Å². The molecule has 1 aromatic heterocycles. The van der Waals surface area contributed by atoms with Gasteiger partial charge >= 0.3 is 0 Å². The maximum absolute atomic E-state index is 8.95. The predicted molar refractivity (Wildman–Crippen MR) is 102 cm³/mol. The molecule has 1 saturated heterocycles. The molecule has 2 fully saturated rings. The van der Waals surface area contributed by atoms with E-state index in [-0.39, 0.29) is 0 Å². The summed E-state index contributed by atoms with van der Waals surface area (Å²) in [4.78, 5) is 2.39. The zero-order valence-electron chi connectivity index (χ0n) is 14.8. The maximum atomic E-state index is 8.95. The van der Waals surface area contributed by atoms with Crippen LogP contribution in [-0.2, 0) is 0 Å². The molecule has 2 aromatic rings. The summed E-state index contributed by atoms with van der Waals surface area (Å²) in [7, 11) is 0. The Morgan fingerprint density at radius 3 is 2.81 bits per heavy atom. The van der Waals surface area contributed by atoms with Crippen LogP contribution < -0.4 is 9.64 Å². The van der Waals surface area contributed by atoms with Crippen molar-refractivity contribution >= 4 is 17.7 Å². The molecule has 0 amide bonds. The topological polar surface area (TPSA) is 67.0 Å². The molecule has 0 spiro atoms. The van der Waals surface area contributed by atoms with E-state index >= 15 is 0 Å². The molecule has 1 saturated carbocycles. The molecular formula is C19H23N5OS. The summed E-state index contributed by atoms with van der Waals surface area (Å²) in [5.41, 5.74) is 0.620. The molecule has 1 aliphatic heterocycles. The van der Waals surface area contributed by atoms with Crippen molar-refractivity contribution in [2.45, 2.75) is 43.3 Å². The second-order valence-electron chi connectivity index (χ2n) is 6.77. The third-order valence-corrected chi connectivity index (χ3v) is 5.65. The van der Waals surface area contributed by atoms with Gasteiger partial charge in [0.1, 0.15) is 5.75 Å². The molecule has 6 nitrogen and oxygen atoms in total. The Balaban J connectivity index is 1.36. The van der Waals surface area contributed by atoms with Gasteiger partial charge in [-0.25, -0.2) is 0 Å². The Hall–Kier alpha value is -2.20. The zero-order chi connectivity index (χ0) is 17.8. The number of nitriles is 1. The van der Waals surface area contributed by atoms with Gasteiger partial charge in [0.25, 0.3) is 0 Å². The Kier molecular flexibility index (Phi) is 5.30. The molecule has 0 bridgehead atoms. The van der Waals surface area contributed by atoms with E-state index < -0.39 is 0 Å². The van der Waals surface area contributed by atoms with Crippen molar-refractivity contribution in [3.05, 3.63) is 29.8 Å². The number of thioether (sulfide) groups is 1. The fourth-order valence-corrected chi connectivity index (χ4v) is 4.10. The summed E-state index contributed by atoms with van der Waals surface area (Å²) >= 11 is 1.70. The summed E-state index contributed by atoms with van der Waals surface area (Å²) in [6, 6.07) is 9.97. The highest BCUT2D eigenvalue weighted by Gasteiger charge is 2.31. The average Bonchev–Trinajstić information content (AvgIpc) is 3.45. The highest BCUT2D eigenvalue weighted by atomic mass is 32.2. The minimum absolute atomic E-state index is 0.567. The summed E-state index contributed by atoms with van der Waals surface area (Å²) < 4.78 is 8.11. The van der Waals surface area contributed by atoms with Gasteiger partial charge in [0.05, 0.1) is 18.2 Å². The third kappa shape index (κ3) is 3.96. The zero-order valence-corrected chi connectivity index (χ0v) is 15.6. The Labute approximate surface area is 158 Å². The number of benzene rings is 1. The molecule has 0 N–H and O–H groups in total. The van der Waals surface area contributed by atoms with Crippen LogP contribution in [0.4, 0.5) is 5.95 Å². The fourth-order valence-electron chi connectivity index (χ4n) is 3.28. The number of anilines is 1. The first-order valence-electron chi connectivity index (χ1n) is 9.31. The molecule has 1 aromatic carbocycles. The van der Waals surface area contributed by atoms with Crippen molar-refractivity contribution in [1.29, 1.82) is 5.26 Å². The highest BCUT2D eigenvalue weighted by Crippen LogP contribution is 2.41. The van der Waals surface area contributed by atoms with Gasteiger partial charge in [-0.05, 0) is 50.3 Å². The normalized spacial score (nSPS) is 17.1. The van der Waals surface area contributed by atoms with Crippen molar-refractivity contribution in [3.63, 3.8) is 0 Å². The molecule has 4 rings (SSSR count). The summed E-state index contributed by atoms with van der Waals surface area (Å²) in [6.07, 6.45) is 6.26. The maximum Gasteiger partial charge on any atom is 0.228 e. The van der Waals surface area contributed by atoms with Crippen LogP contribution in [0.3, 0.4) is 0 Å². The number of rotatable bonds is 7. The lowest BCUT2D eigenvalue weighted by molar-refractivity contribution is 0.343. The van der Waals surface area contributed by atoms with Crippen molar-refractivity contribution < 1.29 is 4.74 Å².